The second-order valence-corrected chi connectivity index (χ2v) is 4.91. The Morgan fingerprint density at radius 2 is 2.05 bits per heavy atom. The molecule has 0 aliphatic heterocycles. The summed E-state index contributed by atoms with van der Waals surface area (Å²) in [6, 6.07) is 6.06. The molecule has 0 radical (unpaired) electrons. The van der Waals surface area contributed by atoms with Crippen LogP contribution >= 0.6 is 0 Å². The molecule has 0 fully saturated rings. The zero-order valence-electron chi connectivity index (χ0n) is 11.9. The van der Waals surface area contributed by atoms with Crippen LogP contribution in [0.1, 0.15) is 41.1 Å². The molecule has 2 N–H and O–H groups in total. The summed E-state index contributed by atoms with van der Waals surface area (Å²) >= 11 is 0. The minimum atomic E-state index is 0.0373. The van der Waals surface area contributed by atoms with E-state index in [1.165, 1.54) is 0 Å². The van der Waals surface area contributed by atoms with Crippen LogP contribution in [0.25, 0.3) is 0 Å². The Balaban J connectivity index is 2.12. The van der Waals surface area contributed by atoms with Gasteiger partial charge in [-0.3, -0.25) is 0 Å². The van der Waals surface area contributed by atoms with Crippen molar-refractivity contribution in [2.24, 2.45) is 5.73 Å². The van der Waals surface area contributed by atoms with E-state index in [1.54, 1.807) is 0 Å². The Bertz CT molecular complexity index is 554. The van der Waals surface area contributed by atoms with Crippen molar-refractivity contribution in [1.82, 2.24) is 5.16 Å². The highest BCUT2D eigenvalue weighted by atomic mass is 16.5. The first-order chi connectivity index (χ1) is 8.99. The molecule has 0 aliphatic carbocycles. The maximum atomic E-state index is 5.86. The molecule has 4 heteroatoms. The van der Waals surface area contributed by atoms with Gasteiger partial charge in [0.25, 0.3) is 0 Å². The van der Waals surface area contributed by atoms with Crippen LogP contribution in [0.15, 0.2) is 22.7 Å². The van der Waals surface area contributed by atoms with Crippen LogP contribution in [-0.4, -0.2) is 5.16 Å². The minimum absolute atomic E-state index is 0.0373. The van der Waals surface area contributed by atoms with Gasteiger partial charge in [-0.2, -0.15) is 0 Å². The van der Waals surface area contributed by atoms with Crippen molar-refractivity contribution in [3.05, 3.63) is 46.3 Å². The molecule has 1 atom stereocenters. The van der Waals surface area contributed by atoms with E-state index in [0.29, 0.717) is 6.61 Å². The highest BCUT2D eigenvalue weighted by Crippen LogP contribution is 2.23. The fourth-order valence-corrected chi connectivity index (χ4v) is 1.98. The van der Waals surface area contributed by atoms with E-state index >= 15 is 0 Å². The smallest absolute Gasteiger partial charge is 0.140 e. The summed E-state index contributed by atoms with van der Waals surface area (Å²) in [7, 11) is 0. The number of ether oxygens (including phenoxy) is 1. The van der Waals surface area contributed by atoms with Gasteiger partial charge in [0.1, 0.15) is 18.1 Å². The molecule has 0 amide bonds. The molecule has 0 saturated heterocycles. The van der Waals surface area contributed by atoms with Crippen molar-refractivity contribution in [3.8, 4) is 5.75 Å². The molecule has 1 heterocycles. The van der Waals surface area contributed by atoms with Crippen molar-refractivity contribution in [1.29, 1.82) is 0 Å². The van der Waals surface area contributed by atoms with Gasteiger partial charge in [0.05, 0.1) is 11.3 Å². The average Bonchev–Trinajstić information content (AvgIpc) is 2.68. The monoisotopic (exact) mass is 260 g/mol. The van der Waals surface area contributed by atoms with Crippen LogP contribution in [0.2, 0.25) is 0 Å². The second-order valence-electron chi connectivity index (χ2n) is 4.91. The number of aromatic nitrogens is 1. The third-order valence-corrected chi connectivity index (χ3v) is 3.28. The predicted octanol–water partition coefficient (Wildman–Crippen LogP) is 3.20. The lowest BCUT2D eigenvalue weighted by Crippen LogP contribution is -2.06. The molecule has 1 aromatic heterocycles. The molecule has 102 valence electrons. The highest BCUT2D eigenvalue weighted by molar-refractivity contribution is 5.37. The van der Waals surface area contributed by atoms with E-state index in [2.05, 4.69) is 11.2 Å². The molecule has 2 aromatic rings. The van der Waals surface area contributed by atoms with Crippen molar-refractivity contribution in [2.45, 2.75) is 40.3 Å². The van der Waals surface area contributed by atoms with E-state index in [9.17, 15) is 0 Å². The summed E-state index contributed by atoms with van der Waals surface area (Å²) in [5.74, 6) is 1.67. The summed E-state index contributed by atoms with van der Waals surface area (Å²) < 4.78 is 11.0. The van der Waals surface area contributed by atoms with Gasteiger partial charge in [-0.05, 0) is 44.9 Å². The minimum Gasteiger partial charge on any atom is -0.488 e. The zero-order valence-corrected chi connectivity index (χ0v) is 11.9. The third-order valence-electron chi connectivity index (χ3n) is 3.28. The zero-order chi connectivity index (χ0) is 14.0. The first-order valence-electron chi connectivity index (χ1n) is 6.39. The summed E-state index contributed by atoms with van der Waals surface area (Å²) in [4.78, 5) is 0. The number of nitrogens with two attached hydrogens (primary N) is 1. The molecule has 4 nitrogen and oxygen atoms in total. The maximum absolute atomic E-state index is 5.86. The van der Waals surface area contributed by atoms with Gasteiger partial charge in [0, 0.05) is 6.04 Å². The molecule has 19 heavy (non-hydrogen) atoms. The summed E-state index contributed by atoms with van der Waals surface area (Å²) in [6.45, 7) is 8.28. The molecule has 2 rings (SSSR count). The Morgan fingerprint density at radius 3 is 2.58 bits per heavy atom. The lowest BCUT2D eigenvalue weighted by molar-refractivity contribution is 0.299. The number of rotatable bonds is 4. The van der Waals surface area contributed by atoms with Gasteiger partial charge in [0.15, 0.2) is 0 Å². The first-order valence-corrected chi connectivity index (χ1v) is 6.39. The van der Waals surface area contributed by atoms with E-state index in [1.807, 2.05) is 39.8 Å². The molecule has 1 aromatic carbocycles. The molecule has 0 aliphatic rings. The molecular formula is C15H20N2O2. The van der Waals surface area contributed by atoms with Gasteiger partial charge in [0.2, 0.25) is 0 Å². The van der Waals surface area contributed by atoms with Gasteiger partial charge < -0.3 is 15.0 Å². The van der Waals surface area contributed by atoms with Crippen LogP contribution in [-0.2, 0) is 6.61 Å². The fourth-order valence-electron chi connectivity index (χ4n) is 1.98. The lowest BCUT2D eigenvalue weighted by atomic mass is 10.1. The van der Waals surface area contributed by atoms with E-state index in [4.69, 9.17) is 15.0 Å². The Kier molecular flexibility index (Phi) is 3.90. The summed E-state index contributed by atoms with van der Waals surface area (Å²) in [6.07, 6.45) is 0. The van der Waals surface area contributed by atoms with Crippen LogP contribution in [0.4, 0.5) is 0 Å². The second kappa shape index (κ2) is 5.45. The largest absolute Gasteiger partial charge is 0.488 e. The Morgan fingerprint density at radius 1 is 1.32 bits per heavy atom. The number of benzene rings is 1. The molecule has 0 unspecified atom stereocenters. The van der Waals surface area contributed by atoms with Gasteiger partial charge in [-0.1, -0.05) is 17.3 Å². The SMILES string of the molecule is Cc1cc([C@@H](C)N)ccc1OCc1c(C)noc1C. The van der Waals surface area contributed by atoms with Crippen LogP contribution in [0, 0.1) is 20.8 Å². The van der Waals surface area contributed by atoms with Crippen molar-refractivity contribution < 1.29 is 9.26 Å². The predicted molar refractivity (Wildman–Crippen MR) is 74.1 cm³/mol. The lowest BCUT2D eigenvalue weighted by Gasteiger charge is -2.12. The Hall–Kier alpha value is -1.81. The maximum Gasteiger partial charge on any atom is 0.140 e. The quantitative estimate of drug-likeness (QED) is 0.917. The van der Waals surface area contributed by atoms with Gasteiger partial charge in [-0.25, -0.2) is 0 Å². The topological polar surface area (TPSA) is 61.3 Å². The normalized spacial score (nSPS) is 12.5. The first kappa shape index (κ1) is 13.6. The van der Waals surface area contributed by atoms with E-state index < -0.39 is 0 Å². The fraction of sp³-hybridized carbons (Fsp3) is 0.400. The van der Waals surface area contributed by atoms with Crippen LogP contribution in [0.5, 0.6) is 5.75 Å². The van der Waals surface area contributed by atoms with Crippen LogP contribution in [0.3, 0.4) is 0 Å². The number of hydrogen-bond donors (Lipinski definition) is 1. The van der Waals surface area contributed by atoms with Crippen LogP contribution < -0.4 is 10.5 Å². The Labute approximate surface area is 113 Å². The molecular weight excluding hydrogens is 240 g/mol. The number of nitrogens with zero attached hydrogens (tertiary/aromatic N) is 1. The molecule has 0 saturated carbocycles. The average molecular weight is 260 g/mol. The van der Waals surface area contributed by atoms with Gasteiger partial charge >= 0.3 is 0 Å². The van der Waals surface area contributed by atoms with E-state index in [0.717, 1.165) is 33.9 Å². The highest BCUT2D eigenvalue weighted by Gasteiger charge is 2.10. The van der Waals surface area contributed by atoms with Crippen molar-refractivity contribution >= 4 is 0 Å². The van der Waals surface area contributed by atoms with Crippen molar-refractivity contribution in [2.75, 3.05) is 0 Å². The van der Waals surface area contributed by atoms with E-state index in [-0.39, 0.29) is 6.04 Å². The summed E-state index contributed by atoms with van der Waals surface area (Å²) in [5.41, 5.74) is 9.95. The number of aryl methyl sites for hydroxylation is 3. The van der Waals surface area contributed by atoms with Crippen molar-refractivity contribution in [3.63, 3.8) is 0 Å². The summed E-state index contributed by atoms with van der Waals surface area (Å²) in [5, 5.41) is 3.92. The third kappa shape index (κ3) is 2.96. The molecule has 0 spiro atoms. The molecule has 0 bridgehead atoms. The van der Waals surface area contributed by atoms with Gasteiger partial charge in [-0.15, -0.1) is 0 Å². The number of hydrogen-bond acceptors (Lipinski definition) is 4. The standard InChI is InChI=1S/C15H20N2O2/c1-9-7-13(10(2)16)5-6-15(9)18-8-14-11(3)17-19-12(14)4/h5-7,10H,8,16H2,1-4H3/t10-/m1/s1.